The van der Waals surface area contributed by atoms with Gasteiger partial charge in [0, 0.05) is 49.8 Å². The van der Waals surface area contributed by atoms with E-state index in [1.807, 2.05) is 12.1 Å². The van der Waals surface area contributed by atoms with E-state index in [2.05, 4.69) is 49.6 Å². The summed E-state index contributed by atoms with van der Waals surface area (Å²) in [6.07, 6.45) is 4.38. The Hall–Kier alpha value is -2.91. The van der Waals surface area contributed by atoms with Crippen molar-refractivity contribution in [2.45, 2.75) is 37.8 Å². The Morgan fingerprint density at radius 3 is 2.58 bits per heavy atom. The zero-order valence-electron chi connectivity index (χ0n) is 17.9. The van der Waals surface area contributed by atoms with Crippen LogP contribution in [0, 0.1) is 0 Å². The second kappa shape index (κ2) is 9.49. The number of hydrogen-bond donors (Lipinski definition) is 4. The summed E-state index contributed by atoms with van der Waals surface area (Å²) in [7, 11) is 2.15. The molecule has 1 unspecified atom stereocenters. The lowest BCUT2D eigenvalue weighted by Crippen LogP contribution is -2.44. The number of anilines is 4. The molecule has 2 heterocycles. The second-order valence-electron chi connectivity index (χ2n) is 8.44. The molecule has 2 fully saturated rings. The molecule has 4 rings (SSSR count). The highest BCUT2D eigenvalue weighted by atomic mass is 16.3. The summed E-state index contributed by atoms with van der Waals surface area (Å²) in [6.45, 7) is 4.17. The number of carbonyl (C=O) groups is 1. The molecule has 2 aromatic rings. The Labute approximate surface area is 182 Å². The summed E-state index contributed by atoms with van der Waals surface area (Å²) in [5, 5.41) is 16.4. The average Bonchev–Trinajstić information content (AvgIpc) is 2.75. The van der Waals surface area contributed by atoms with Gasteiger partial charge in [0.2, 0.25) is 5.95 Å². The highest BCUT2D eigenvalue weighted by Crippen LogP contribution is 2.25. The van der Waals surface area contributed by atoms with Gasteiger partial charge in [0.05, 0.1) is 11.7 Å². The predicted octanol–water partition coefficient (Wildman–Crippen LogP) is 1.79. The van der Waals surface area contributed by atoms with Crippen molar-refractivity contribution in [1.29, 1.82) is 0 Å². The molecule has 9 nitrogen and oxygen atoms in total. The third-order valence-electron chi connectivity index (χ3n) is 6.03. The molecule has 1 aliphatic carbocycles. The van der Waals surface area contributed by atoms with E-state index in [9.17, 15) is 9.90 Å². The fraction of sp³-hybridized carbons (Fsp3) is 0.500. The summed E-state index contributed by atoms with van der Waals surface area (Å²) >= 11 is 0. The van der Waals surface area contributed by atoms with E-state index in [0.717, 1.165) is 51.1 Å². The van der Waals surface area contributed by atoms with Crippen LogP contribution in [0.2, 0.25) is 0 Å². The maximum Gasteiger partial charge on any atom is 0.254 e. The van der Waals surface area contributed by atoms with Gasteiger partial charge in [0.1, 0.15) is 5.82 Å². The van der Waals surface area contributed by atoms with E-state index in [0.29, 0.717) is 18.2 Å². The highest BCUT2D eigenvalue weighted by Gasteiger charge is 2.22. The molecule has 1 aromatic heterocycles. The molecule has 0 bridgehead atoms. The minimum atomic E-state index is -0.582. The molecule has 1 saturated carbocycles. The van der Waals surface area contributed by atoms with Crippen molar-refractivity contribution < 1.29 is 9.90 Å². The second-order valence-corrected chi connectivity index (χ2v) is 8.44. The van der Waals surface area contributed by atoms with Crippen LogP contribution in [-0.4, -0.2) is 71.3 Å². The molecular formula is C22H31N7O2. The highest BCUT2D eigenvalue weighted by molar-refractivity contribution is 5.97. The lowest BCUT2D eigenvalue weighted by atomic mass is 9.93. The molecule has 0 spiro atoms. The summed E-state index contributed by atoms with van der Waals surface area (Å²) in [5.74, 6) is 0.205. The normalized spacial score (nSPS) is 22.2. The lowest BCUT2D eigenvalue weighted by molar-refractivity contribution is 0.100. The number of piperazine rings is 1. The van der Waals surface area contributed by atoms with Gasteiger partial charge in [-0.05, 0) is 57.0 Å². The van der Waals surface area contributed by atoms with E-state index < -0.39 is 5.91 Å². The Balaban J connectivity index is 1.46. The maximum absolute atomic E-state index is 11.8. The molecular weight excluding hydrogens is 394 g/mol. The fourth-order valence-corrected chi connectivity index (χ4v) is 4.17. The standard InChI is InChI=1S/C22H31N7O2/c1-28-9-11-29(12-10-28)17-7-5-15(6-8-17)26-22-24-14-19(20(23)31)21(27-22)25-16-3-2-4-18(30)13-16/h5-8,14,16,18,30H,2-4,9-13H2,1H3,(H2,23,31)(H2,24,25,26,27)/t16-,18?/m1/s1. The number of benzene rings is 1. The number of nitrogens with one attached hydrogen (secondary N) is 2. The van der Waals surface area contributed by atoms with Crippen molar-refractivity contribution in [3.8, 4) is 0 Å². The molecule has 31 heavy (non-hydrogen) atoms. The van der Waals surface area contributed by atoms with Crippen LogP contribution in [-0.2, 0) is 0 Å². The number of hydrogen-bond acceptors (Lipinski definition) is 8. The van der Waals surface area contributed by atoms with Crippen molar-refractivity contribution in [1.82, 2.24) is 14.9 Å². The van der Waals surface area contributed by atoms with Crippen LogP contribution in [0.15, 0.2) is 30.5 Å². The lowest BCUT2D eigenvalue weighted by Gasteiger charge is -2.34. The monoisotopic (exact) mass is 425 g/mol. The first kappa shape index (κ1) is 21.3. The number of likely N-dealkylation sites (N-methyl/N-ethyl adjacent to an activating group) is 1. The Bertz CT molecular complexity index is 897. The first-order chi connectivity index (χ1) is 15.0. The Kier molecular flexibility index (Phi) is 6.53. The van der Waals surface area contributed by atoms with Crippen LogP contribution in [0.1, 0.15) is 36.0 Å². The summed E-state index contributed by atoms with van der Waals surface area (Å²) < 4.78 is 0. The molecule has 1 aromatic carbocycles. The van der Waals surface area contributed by atoms with E-state index in [1.165, 1.54) is 11.9 Å². The van der Waals surface area contributed by atoms with Gasteiger partial charge in [-0.15, -0.1) is 0 Å². The molecule has 1 saturated heterocycles. The van der Waals surface area contributed by atoms with Crippen molar-refractivity contribution in [2.75, 3.05) is 48.8 Å². The molecule has 166 valence electrons. The smallest absolute Gasteiger partial charge is 0.254 e. The Morgan fingerprint density at radius 1 is 1.16 bits per heavy atom. The van der Waals surface area contributed by atoms with Gasteiger partial charge < -0.3 is 31.3 Å². The van der Waals surface area contributed by atoms with Crippen LogP contribution < -0.4 is 21.3 Å². The van der Waals surface area contributed by atoms with Crippen molar-refractivity contribution in [3.05, 3.63) is 36.0 Å². The molecule has 1 amide bonds. The third kappa shape index (κ3) is 5.42. The van der Waals surface area contributed by atoms with Gasteiger partial charge >= 0.3 is 0 Å². The van der Waals surface area contributed by atoms with Gasteiger partial charge in [0.15, 0.2) is 0 Å². The largest absolute Gasteiger partial charge is 0.393 e. The summed E-state index contributed by atoms with van der Waals surface area (Å²) in [4.78, 5) is 25.3. The van der Waals surface area contributed by atoms with E-state index in [-0.39, 0.29) is 17.7 Å². The SMILES string of the molecule is CN1CCN(c2ccc(Nc3ncc(C(N)=O)c(N[C@@H]4CCCC(O)C4)n3)cc2)CC1. The number of amides is 1. The van der Waals surface area contributed by atoms with Gasteiger partial charge in [-0.25, -0.2) is 4.98 Å². The summed E-state index contributed by atoms with van der Waals surface area (Å²) in [5.41, 5.74) is 7.82. The minimum Gasteiger partial charge on any atom is -0.393 e. The van der Waals surface area contributed by atoms with E-state index >= 15 is 0 Å². The van der Waals surface area contributed by atoms with Crippen LogP contribution in [0.25, 0.3) is 0 Å². The number of nitrogens with zero attached hydrogens (tertiary/aromatic N) is 4. The van der Waals surface area contributed by atoms with Gasteiger partial charge in [-0.1, -0.05) is 0 Å². The van der Waals surface area contributed by atoms with Crippen molar-refractivity contribution in [2.24, 2.45) is 5.73 Å². The van der Waals surface area contributed by atoms with Gasteiger partial charge in [-0.3, -0.25) is 4.79 Å². The zero-order chi connectivity index (χ0) is 21.8. The van der Waals surface area contributed by atoms with E-state index in [1.54, 1.807) is 0 Å². The fourth-order valence-electron chi connectivity index (χ4n) is 4.17. The summed E-state index contributed by atoms with van der Waals surface area (Å²) in [6, 6.07) is 8.24. The number of primary amides is 1. The first-order valence-corrected chi connectivity index (χ1v) is 10.9. The zero-order valence-corrected chi connectivity index (χ0v) is 17.9. The molecule has 5 N–H and O–H groups in total. The number of aliphatic hydroxyl groups is 1. The number of aliphatic hydroxyl groups excluding tert-OH is 1. The molecule has 9 heteroatoms. The topological polar surface area (TPSA) is 120 Å². The van der Waals surface area contributed by atoms with Crippen molar-refractivity contribution in [3.63, 3.8) is 0 Å². The third-order valence-corrected chi connectivity index (χ3v) is 6.03. The van der Waals surface area contributed by atoms with Gasteiger partial charge in [-0.2, -0.15) is 4.98 Å². The number of aromatic nitrogens is 2. The van der Waals surface area contributed by atoms with Crippen LogP contribution in [0.5, 0.6) is 0 Å². The molecule has 2 aliphatic rings. The molecule has 1 aliphatic heterocycles. The van der Waals surface area contributed by atoms with Gasteiger partial charge in [0.25, 0.3) is 5.91 Å². The quantitative estimate of drug-likeness (QED) is 0.553. The number of carbonyl (C=O) groups excluding carboxylic acids is 1. The van der Waals surface area contributed by atoms with Crippen LogP contribution in [0.4, 0.5) is 23.1 Å². The number of nitrogens with two attached hydrogens (primary N) is 1. The first-order valence-electron chi connectivity index (χ1n) is 10.9. The number of rotatable bonds is 6. The molecule has 2 atom stereocenters. The van der Waals surface area contributed by atoms with E-state index in [4.69, 9.17) is 5.73 Å². The average molecular weight is 426 g/mol. The maximum atomic E-state index is 11.8. The minimum absolute atomic E-state index is 0.0486. The van der Waals surface area contributed by atoms with Crippen LogP contribution >= 0.6 is 0 Å². The molecule has 0 radical (unpaired) electrons. The predicted molar refractivity (Wildman–Crippen MR) is 122 cm³/mol. The Morgan fingerprint density at radius 2 is 1.90 bits per heavy atom. The van der Waals surface area contributed by atoms with Crippen molar-refractivity contribution >= 4 is 29.0 Å². The van der Waals surface area contributed by atoms with Crippen LogP contribution in [0.3, 0.4) is 0 Å².